The number of piperidine rings is 1. The Kier molecular flexibility index (Phi) is 6.28. The van der Waals surface area contributed by atoms with Crippen molar-refractivity contribution in [3.63, 3.8) is 0 Å². The molecule has 2 aromatic rings. The first-order chi connectivity index (χ1) is 14.1. The fourth-order valence-electron chi connectivity index (χ4n) is 4.29. The summed E-state index contributed by atoms with van der Waals surface area (Å²) in [5.41, 5.74) is 3.55. The Morgan fingerprint density at radius 1 is 1.17 bits per heavy atom. The number of rotatable bonds is 6. The number of amides is 1. The standard InChI is InChI=1S/C22H30N4O3/c1-16-21(17(2)26(24-16)18-8-4-3-5-9-18)23-20(27)11-13-25-12-7-6-10-19(25)22-28-14-15-29-22/h3-5,8-9,19,22H,6-7,10-15H2,1-2H3,(H,23,27). The smallest absolute Gasteiger partial charge is 0.225 e. The van der Waals surface area contributed by atoms with Crippen LogP contribution in [0.3, 0.4) is 0 Å². The number of hydrogen-bond acceptors (Lipinski definition) is 5. The van der Waals surface area contributed by atoms with E-state index in [-0.39, 0.29) is 18.2 Å². The zero-order chi connectivity index (χ0) is 20.2. The van der Waals surface area contributed by atoms with Gasteiger partial charge < -0.3 is 14.8 Å². The van der Waals surface area contributed by atoms with Crippen LogP contribution in [-0.2, 0) is 14.3 Å². The Morgan fingerprint density at radius 2 is 1.93 bits per heavy atom. The van der Waals surface area contributed by atoms with Gasteiger partial charge in [-0.1, -0.05) is 24.6 Å². The second kappa shape index (κ2) is 9.07. The van der Waals surface area contributed by atoms with E-state index in [0.29, 0.717) is 26.2 Å². The molecule has 1 aromatic heterocycles. The van der Waals surface area contributed by atoms with Gasteiger partial charge in [0, 0.05) is 13.0 Å². The molecular formula is C22H30N4O3. The van der Waals surface area contributed by atoms with Gasteiger partial charge in [0.25, 0.3) is 0 Å². The summed E-state index contributed by atoms with van der Waals surface area (Å²) in [4.78, 5) is 15.0. The second-order valence-corrected chi connectivity index (χ2v) is 7.80. The Hall–Kier alpha value is -2.22. The number of likely N-dealkylation sites (tertiary alicyclic amines) is 1. The highest BCUT2D eigenvalue weighted by Crippen LogP contribution is 2.25. The first-order valence-electron chi connectivity index (χ1n) is 10.5. The molecule has 2 aliphatic rings. The lowest BCUT2D eigenvalue weighted by atomic mass is 10.0. The van der Waals surface area contributed by atoms with Gasteiger partial charge in [-0.05, 0) is 45.4 Å². The van der Waals surface area contributed by atoms with Crippen LogP contribution in [0.1, 0.15) is 37.1 Å². The summed E-state index contributed by atoms with van der Waals surface area (Å²) in [5.74, 6) is 0.0152. The van der Waals surface area contributed by atoms with Crippen molar-refractivity contribution in [3.05, 3.63) is 41.7 Å². The molecule has 2 fully saturated rings. The average Bonchev–Trinajstić information content (AvgIpc) is 3.37. The summed E-state index contributed by atoms with van der Waals surface area (Å²) < 4.78 is 13.3. The van der Waals surface area contributed by atoms with Crippen molar-refractivity contribution in [2.24, 2.45) is 0 Å². The number of anilines is 1. The molecule has 0 spiro atoms. The lowest BCUT2D eigenvalue weighted by molar-refractivity contribution is -0.120. The third-order valence-corrected chi connectivity index (χ3v) is 5.81. The molecule has 1 amide bonds. The Morgan fingerprint density at radius 3 is 2.69 bits per heavy atom. The summed E-state index contributed by atoms with van der Waals surface area (Å²) in [7, 11) is 0. The zero-order valence-corrected chi connectivity index (χ0v) is 17.3. The van der Waals surface area contributed by atoms with Gasteiger partial charge in [0.1, 0.15) is 0 Å². The highest BCUT2D eigenvalue weighted by atomic mass is 16.7. The summed E-state index contributed by atoms with van der Waals surface area (Å²) in [5, 5.41) is 7.69. The Labute approximate surface area is 172 Å². The van der Waals surface area contributed by atoms with Gasteiger partial charge >= 0.3 is 0 Å². The molecule has 0 saturated carbocycles. The Balaban J connectivity index is 1.38. The Bertz CT molecular complexity index is 830. The van der Waals surface area contributed by atoms with Crippen LogP contribution in [-0.4, -0.2) is 59.2 Å². The minimum atomic E-state index is -0.146. The average molecular weight is 399 g/mol. The number of benzene rings is 1. The molecule has 0 bridgehead atoms. The highest BCUT2D eigenvalue weighted by Gasteiger charge is 2.33. The van der Waals surface area contributed by atoms with E-state index < -0.39 is 0 Å². The fourth-order valence-corrected chi connectivity index (χ4v) is 4.29. The van der Waals surface area contributed by atoms with Crippen molar-refractivity contribution in [3.8, 4) is 5.69 Å². The number of nitrogens with zero attached hydrogens (tertiary/aromatic N) is 3. The molecule has 7 nitrogen and oxygen atoms in total. The van der Waals surface area contributed by atoms with E-state index >= 15 is 0 Å². The first kappa shape index (κ1) is 20.1. The minimum absolute atomic E-state index is 0.0152. The third-order valence-electron chi connectivity index (χ3n) is 5.81. The maximum Gasteiger partial charge on any atom is 0.225 e. The second-order valence-electron chi connectivity index (χ2n) is 7.80. The molecule has 29 heavy (non-hydrogen) atoms. The van der Waals surface area contributed by atoms with Crippen molar-refractivity contribution >= 4 is 11.6 Å². The van der Waals surface area contributed by atoms with Crippen LogP contribution < -0.4 is 5.32 Å². The number of hydrogen-bond donors (Lipinski definition) is 1. The maximum absolute atomic E-state index is 12.7. The summed E-state index contributed by atoms with van der Waals surface area (Å²) in [6.07, 6.45) is 3.71. The molecule has 1 unspecified atom stereocenters. The molecule has 156 valence electrons. The van der Waals surface area contributed by atoms with E-state index in [1.165, 1.54) is 6.42 Å². The largest absolute Gasteiger partial charge is 0.349 e. The van der Waals surface area contributed by atoms with E-state index in [0.717, 1.165) is 42.1 Å². The molecule has 4 rings (SSSR count). The summed E-state index contributed by atoms with van der Waals surface area (Å²) in [6, 6.07) is 10.2. The van der Waals surface area contributed by atoms with Crippen molar-refractivity contribution in [2.75, 3.05) is 31.6 Å². The fraction of sp³-hybridized carbons (Fsp3) is 0.545. The van der Waals surface area contributed by atoms with Crippen LogP contribution in [0.2, 0.25) is 0 Å². The predicted molar refractivity (Wildman–Crippen MR) is 111 cm³/mol. The number of carbonyl (C=O) groups is 1. The van der Waals surface area contributed by atoms with Crippen molar-refractivity contribution in [1.29, 1.82) is 0 Å². The number of ether oxygens (including phenoxy) is 2. The van der Waals surface area contributed by atoms with E-state index in [2.05, 4.69) is 15.3 Å². The highest BCUT2D eigenvalue weighted by molar-refractivity contribution is 5.92. The van der Waals surface area contributed by atoms with Gasteiger partial charge in [0.15, 0.2) is 6.29 Å². The third kappa shape index (κ3) is 4.52. The molecule has 2 saturated heterocycles. The molecule has 0 aliphatic carbocycles. The monoisotopic (exact) mass is 398 g/mol. The molecule has 3 heterocycles. The van der Waals surface area contributed by atoms with Crippen molar-refractivity contribution in [2.45, 2.75) is 51.9 Å². The van der Waals surface area contributed by atoms with Crippen LogP contribution in [0.15, 0.2) is 30.3 Å². The van der Waals surface area contributed by atoms with Gasteiger partial charge in [0.05, 0.1) is 42.0 Å². The summed E-state index contributed by atoms with van der Waals surface area (Å²) in [6.45, 7) is 6.95. The SMILES string of the molecule is Cc1nn(-c2ccccc2)c(C)c1NC(=O)CCN1CCCCC1C1OCCO1. The van der Waals surface area contributed by atoms with Crippen LogP contribution in [0.25, 0.3) is 5.69 Å². The first-order valence-corrected chi connectivity index (χ1v) is 10.5. The topological polar surface area (TPSA) is 68.6 Å². The number of carbonyl (C=O) groups excluding carboxylic acids is 1. The lowest BCUT2D eigenvalue weighted by Gasteiger charge is -2.37. The molecule has 7 heteroatoms. The number of nitrogens with one attached hydrogen (secondary N) is 1. The zero-order valence-electron chi connectivity index (χ0n) is 17.3. The molecular weight excluding hydrogens is 368 g/mol. The molecule has 0 radical (unpaired) electrons. The maximum atomic E-state index is 12.7. The van der Waals surface area contributed by atoms with Crippen molar-refractivity contribution in [1.82, 2.24) is 14.7 Å². The molecule has 1 aromatic carbocycles. The molecule has 1 atom stereocenters. The van der Waals surface area contributed by atoms with E-state index in [1.54, 1.807) is 0 Å². The predicted octanol–water partition coefficient (Wildman–Crippen LogP) is 3.05. The molecule has 1 N–H and O–H groups in total. The van der Waals surface area contributed by atoms with Gasteiger partial charge in [0.2, 0.25) is 5.91 Å². The summed E-state index contributed by atoms with van der Waals surface area (Å²) >= 11 is 0. The molecule has 2 aliphatic heterocycles. The van der Waals surface area contributed by atoms with Gasteiger partial charge in [-0.2, -0.15) is 5.10 Å². The quantitative estimate of drug-likeness (QED) is 0.810. The van der Waals surface area contributed by atoms with E-state index in [1.807, 2.05) is 48.9 Å². The van der Waals surface area contributed by atoms with Crippen LogP contribution in [0.4, 0.5) is 5.69 Å². The van der Waals surface area contributed by atoms with E-state index in [4.69, 9.17) is 9.47 Å². The van der Waals surface area contributed by atoms with Crippen molar-refractivity contribution < 1.29 is 14.3 Å². The van der Waals surface area contributed by atoms with E-state index in [9.17, 15) is 4.79 Å². The van der Waals surface area contributed by atoms with Gasteiger partial charge in [-0.3, -0.25) is 9.69 Å². The van der Waals surface area contributed by atoms with Gasteiger partial charge in [-0.25, -0.2) is 4.68 Å². The lowest BCUT2D eigenvalue weighted by Crippen LogP contribution is -2.48. The van der Waals surface area contributed by atoms with Crippen LogP contribution in [0, 0.1) is 13.8 Å². The van der Waals surface area contributed by atoms with Crippen LogP contribution in [0.5, 0.6) is 0 Å². The number of aromatic nitrogens is 2. The van der Waals surface area contributed by atoms with Gasteiger partial charge in [-0.15, -0.1) is 0 Å². The number of para-hydroxylation sites is 1. The number of aryl methyl sites for hydroxylation is 1. The normalized spacial score (nSPS) is 20.8. The minimum Gasteiger partial charge on any atom is -0.349 e. The van der Waals surface area contributed by atoms with Crippen LogP contribution >= 0.6 is 0 Å².